The third kappa shape index (κ3) is 2.39. The Morgan fingerprint density at radius 2 is 2.00 bits per heavy atom. The van der Waals surface area contributed by atoms with Gasteiger partial charge in [0.15, 0.2) is 11.6 Å². The van der Waals surface area contributed by atoms with Crippen molar-refractivity contribution in [1.82, 2.24) is 4.98 Å². The van der Waals surface area contributed by atoms with Gasteiger partial charge in [0.25, 0.3) is 0 Å². The van der Waals surface area contributed by atoms with Crippen molar-refractivity contribution >= 4 is 23.1 Å². The highest BCUT2D eigenvalue weighted by molar-refractivity contribution is 6.30. The maximum Gasteiger partial charge on any atom is 0.169 e. The Morgan fingerprint density at radius 3 is 2.65 bits per heavy atom. The Bertz CT molecular complexity index is 543. The van der Waals surface area contributed by atoms with Crippen molar-refractivity contribution in [2.45, 2.75) is 6.92 Å². The molecule has 0 aliphatic rings. The normalized spacial score (nSPS) is 10.4. The lowest BCUT2D eigenvalue weighted by Gasteiger charge is -2.20. The van der Waals surface area contributed by atoms with Crippen LogP contribution in [0.4, 0.5) is 15.9 Å². The molecule has 2 nitrogen and oxygen atoms in total. The maximum absolute atomic E-state index is 13.7. The third-order valence-corrected chi connectivity index (χ3v) is 2.79. The summed E-state index contributed by atoms with van der Waals surface area (Å²) < 4.78 is 13.7. The van der Waals surface area contributed by atoms with E-state index >= 15 is 0 Å². The number of aromatic nitrogens is 1. The zero-order chi connectivity index (χ0) is 12.4. The van der Waals surface area contributed by atoms with Crippen LogP contribution in [0.3, 0.4) is 0 Å². The van der Waals surface area contributed by atoms with Crippen LogP contribution in [0.2, 0.25) is 5.02 Å². The fourth-order valence-electron chi connectivity index (χ4n) is 1.71. The predicted octanol–water partition coefficient (Wildman–Crippen LogP) is 3.95. The number of aryl methyl sites for hydroxylation is 1. The monoisotopic (exact) mass is 250 g/mol. The van der Waals surface area contributed by atoms with E-state index in [1.807, 2.05) is 31.2 Å². The van der Waals surface area contributed by atoms with Gasteiger partial charge < -0.3 is 4.90 Å². The van der Waals surface area contributed by atoms with Crippen molar-refractivity contribution < 1.29 is 4.39 Å². The highest BCUT2D eigenvalue weighted by Gasteiger charge is 2.12. The fourth-order valence-corrected chi connectivity index (χ4v) is 1.85. The zero-order valence-corrected chi connectivity index (χ0v) is 10.4. The predicted molar refractivity (Wildman–Crippen MR) is 68.4 cm³/mol. The van der Waals surface area contributed by atoms with Crippen LogP contribution in [-0.2, 0) is 0 Å². The van der Waals surface area contributed by atoms with Gasteiger partial charge in [-0.05, 0) is 24.6 Å². The van der Waals surface area contributed by atoms with Crippen molar-refractivity contribution in [1.29, 1.82) is 0 Å². The Hall–Kier alpha value is -1.61. The van der Waals surface area contributed by atoms with Crippen LogP contribution in [0.1, 0.15) is 5.56 Å². The van der Waals surface area contributed by atoms with Gasteiger partial charge in [-0.1, -0.05) is 29.8 Å². The number of para-hydroxylation sites is 1. The van der Waals surface area contributed by atoms with E-state index in [9.17, 15) is 4.39 Å². The summed E-state index contributed by atoms with van der Waals surface area (Å²) in [6.45, 7) is 1.97. The molecule has 0 N–H and O–H groups in total. The Labute approximate surface area is 105 Å². The van der Waals surface area contributed by atoms with Crippen molar-refractivity contribution in [2.75, 3.05) is 11.9 Å². The van der Waals surface area contributed by atoms with Gasteiger partial charge >= 0.3 is 0 Å². The summed E-state index contributed by atoms with van der Waals surface area (Å²) in [4.78, 5) is 5.72. The first-order valence-electron chi connectivity index (χ1n) is 5.20. The van der Waals surface area contributed by atoms with Gasteiger partial charge in [-0.25, -0.2) is 9.37 Å². The first-order chi connectivity index (χ1) is 8.09. The second-order valence-corrected chi connectivity index (χ2v) is 4.24. The zero-order valence-electron chi connectivity index (χ0n) is 9.61. The molecule has 88 valence electrons. The third-order valence-electron chi connectivity index (χ3n) is 2.58. The number of anilines is 2. The van der Waals surface area contributed by atoms with E-state index in [2.05, 4.69) is 4.98 Å². The summed E-state index contributed by atoms with van der Waals surface area (Å²) in [7, 11) is 1.78. The molecule has 2 rings (SSSR count). The summed E-state index contributed by atoms with van der Waals surface area (Å²) in [5.74, 6) is -0.160. The van der Waals surface area contributed by atoms with Gasteiger partial charge in [0, 0.05) is 18.9 Å². The van der Waals surface area contributed by atoms with Crippen LogP contribution in [-0.4, -0.2) is 12.0 Å². The van der Waals surface area contributed by atoms with Crippen LogP contribution in [0.25, 0.3) is 0 Å². The molecular weight excluding hydrogens is 239 g/mol. The van der Waals surface area contributed by atoms with Crippen molar-refractivity contribution in [2.24, 2.45) is 0 Å². The van der Waals surface area contributed by atoms with Gasteiger partial charge in [-0.3, -0.25) is 0 Å². The first-order valence-corrected chi connectivity index (χ1v) is 5.58. The van der Waals surface area contributed by atoms with Gasteiger partial charge in [0.05, 0.1) is 5.02 Å². The molecule has 0 saturated carbocycles. The van der Waals surface area contributed by atoms with Crippen LogP contribution in [0, 0.1) is 12.7 Å². The van der Waals surface area contributed by atoms with E-state index < -0.39 is 5.82 Å². The number of hydrogen-bond donors (Lipinski definition) is 0. The largest absolute Gasteiger partial charge is 0.327 e. The van der Waals surface area contributed by atoms with Crippen LogP contribution >= 0.6 is 11.6 Å². The molecule has 0 spiro atoms. The maximum atomic E-state index is 13.7. The molecule has 17 heavy (non-hydrogen) atoms. The number of benzene rings is 1. The minimum absolute atomic E-state index is 0.267. The molecule has 0 saturated heterocycles. The van der Waals surface area contributed by atoms with Crippen molar-refractivity contribution in [3.8, 4) is 0 Å². The smallest absolute Gasteiger partial charge is 0.169 e. The molecule has 0 atom stereocenters. The lowest BCUT2D eigenvalue weighted by atomic mass is 10.2. The molecule has 1 heterocycles. The second kappa shape index (κ2) is 4.72. The van der Waals surface area contributed by atoms with Crippen LogP contribution in [0.15, 0.2) is 36.5 Å². The van der Waals surface area contributed by atoms with Crippen LogP contribution in [0.5, 0.6) is 0 Å². The quantitative estimate of drug-likeness (QED) is 0.802. The molecule has 0 bridgehead atoms. The van der Waals surface area contributed by atoms with Crippen molar-refractivity contribution in [3.05, 3.63) is 52.9 Å². The molecule has 1 aromatic heterocycles. The number of rotatable bonds is 2. The number of nitrogens with zero attached hydrogens (tertiary/aromatic N) is 2. The SMILES string of the molecule is Cc1ccccc1N(C)c1ncc(Cl)cc1F. The Morgan fingerprint density at radius 1 is 1.29 bits per heavy atom. The number of hydrogen-bond acceptors (Lipinski definition) is 2. The summed E-state index contributed by atoms with van der Waals surface area (Å²) in [5, 5.41) is 0.296. The molecule has 1 aromatic carbocycles. The average molecular weight is 251 g/mol. The van der Waals surface area contributed by atoms with E-state index in [-0.39, 0.29) is 5.82 Å². The molecule has 0 unspecified atom stereocenters. The van der Waals surface area contributed by atoms with E-state index in [4.69, 9.17) is 11.6 Å². The summed E-state index contributed by atoms with van der Waals surface area (Å²) >= 11 is 5.68. The van der Waals surface area contributed by atoms with E-state index in [0.29, 0.717) is 5.02 Å². The highest BCUT2D eigenvalue weighted by Crippen LogP contribution is 2.27. The summed E-state index contributed by atoms with van der Waals surface area (Å²) in [6, 6.07) is 9.01. The number of pyridine rings is 1. The second-order valence-electron chi connectivity index (χ2n) is 3.80. The molecule has 0 amide bonds. The summed E-state index contributed by atoms with van der Waals surface area (Å²) in [6.07, 6.45) is 1.44. The summed E-state index contributed by atoms with van der Waals surface area (Å²) in [5.41, 5.74) is 1.98. The van der Waals surface area contributed by atoms with Gasteiger partial charge in [0.2, 0.25) is 0 Å². The average Bonchev–Trinajstić information content (AvgIpc) is 2.29. The van der Waals surface area contributed by atoms with Crippen LogP contribution < -0.4 is 4.90 Å². The lowest BCUT2D eigenvalue weighted by Crippen LogP contribution is -2.14. The Kier molecular flexibility index (Phi) is 3.29. The van der Waals surface area contributed by atoms with Crippen molar-refractivity contribution in [3.63, 3.8) is 0 Å². The number of halogens is 2. The minimum Gasteiger partial charge on any atom is -0.327 e. The molecule has 2 aromatic rings. The molecule has 0 radical (unpaired) electrons. The van der Waals surface area contributed by atoms with E-state index in [1.54, 1.807) is 11.9 Å². The molecule has 0 aliphatic carbocycles. The van der Waals surface area contributed by atoms with Gasteiger partial charge in [-0.2, -0.15) is 0 Å². The standard InChI is InChI=1S/C13H12ClFN2/c1-9-5-3-4-6-12(9)17(2)13-11(15)7-10(14)8-16-13/h3-8H,1-2H3. The first kappa shape index (κ1) is 11.9. The Balaban J connectivity index is 2.44. The lowest BCUT2D eigenvalue weighted by molar-refractivity contribution is 0.621. The molecular formula is C13H12ClFN2. The van der Waals surface area contributed by atoms with Gasteiger partial charge in [-0.15, -0.1) is 0 Å². The van der Waals surface area contributed by atoms with E-state index in [1.165, 1.54) is 12.3 Å². The van der Waals surface area contributed by atoms with Gasteiger partial charge in [0.1, 0.15) is 0 Å². The minimum atomic E-state index is -0.428. The molecule has 0 aliphatic heterocycles. The van der Waals surface area contributed by atoms with E-state index in [0.717, 1.165) is 11.3 Å². The molecule has 0 fully saturated rings. The topological polar surface area (TPSA) is 16.1 Å². The molecule has 4 heteroatoms. The highest BCUT2D eigenvalue weighted by atomic mass is 35.5. The fraction of sp³-hybridized carbons (Fsp3) is 0.154.